The molecule has 1 aromatic carbocycles. The van der Waals surface area contributed by atoms with E-state index in [2.05, 4.69) is 61.4 Å². The van der Waals surface area contributed by atoms with Crippen molar-refractivity contribution >= 4 is 41.8 Å². The Morgan fingerprint density at radius 1 is 1.15 bits per heavy atom. The van der Waals surface area contributed by atoms with Gasteiger partial charge in [-0.3, -0.25) is 0 Å². The Balaban J connectivity index is 2.59. The molecule has 0 fully saturated rings. The zero-order valence-corrected chi connectivity index (χ0v) is 19.5. The first-order valence-electron chi connectivity index (χ1n) is 8.55. The van der Waals surface area contributed by atoms with Gasteiger partial charge in [-0.15, -0.1) is 0 Å². The number of aromatic amines is 1. The zero-order chi connectivity index (χ0) is 20.8. The van der Waals surface area contributed by atoms with Gasteiger partial charge in [-0.2, -0.15) is 18.4 Å². The minimum atomic E-state index is -4.57. The molecule has 0 radical (unpaired) electrons. The molecule has 0 aliphatic heterocycles. The average Bonchev–Trinajstić information content (AvgIpc) is 2.94. The van der Waals surface area contributed by atoms with Crippen LogP contribution in [0.5, 0.6) is 0 Å². The van der Waals surface area contributed by atoms with E-state index in [0.717, 1.165) is 11.8 Å². The van der Waals surface area contributed by atoms with Crippen molar-refractivity contribution in [2.45, 2.75) is 57.6 Å². The fraction of sp³-hybridized carbons (Fsp3) is 0.526. The van der Waals surface area contributed by atoms with Crippen LogP contribution in [-0.2, 0) is 16.2 Å². The average molecular weight is 508 g/mol. The summed E-state index contributed by atoms with van der Waals surface area (Å²) in [6, 6.07) is 5.75. The number of nitriles is 1. The van der Waals surface area contributed by atoms with E-state index < -0.39 is 25.7 Å². The van der Waals surface area contributed by atoms with Gasteiger partial charge in [0.25, 0.3) is 0 Å². The summed E-state index contributed by atoms with van der Waals surface area (Å²) in [4.78, 5) is 3.11. The van der Waals surface area contributed by atoms with Crippen LogP contribution in [0.2, 0.25) is 18.1 Å². The van der Waals surface area contributed by atoms with Crippen molar-refractivity contribution in [1.82, 2.24) is 4.98 Å². The van der Waals surface area contributed by atoms with Crippen molar-refractivity contribution in [3.05, 3.63) is 35.0 Å². The van der Waals surface area contributed by atoms with Crippen LogP contribution in [0, 0.1) is 11.3 Å². The second-order valence-corrected chi connectivity index (χ2v) is 14.0. The summed E-state index contributed by atoms with van der Waals surface area (Å²) in [6.45, 7) is 12.7. The highest BCUT2D eigenvalue weighted by Crippen LogP contribution is 2.43. The van der Waals surface area contributed by atoms with Crippen molar-refractivity contribution in [2.24, 2.45) is 0 Å². The third-order valence-corrected chi connectivity index (χ3v) is 11.3. The topological polar surface area (TPSA) is 48.8 Å². The van der Waals surface area contributed by atoms with E-state index in [1.807, 2.05) is 6.92 Å². The molecular weight excluding hydrogens is 484 g/mol. The molecule has 1 heterocycles. The van der Waals surface area contributed by atoms with Crippen LogP contribution in [-0.4, -0.2) is 17.7 Å². The lowest BCUT2D eigenvalue weighted by Crippen LogP contribution is -2.48. The molecule has 0 spiro atoms. The Morgan fingerprint density at radius 2 is 1.74 bits per heavy atom. The van der Waals surface area contributed by atoms with Gasteiger partial charge in [0, 0.05) is 21.0 Å². The SMILES string of the molecule is CC(CI)(O[Si](C)(C)C(C)(C)C)c1cc2cc(C#N)c(C(F)(F)F)cc2[nH]1. The first kappa shape index (κ1) is 22.2. The van der Waals surface area contributed by atoms with Crippen LogP contribution in [0.4, 0.5) is 13.2 Å². The summed E-state index contributed by atoms with van der Waals surface area (Å²) in [5, 5.41) is 9.69. The fourth-order valence-electron chi connectivity index (χ4n) is 2.66. The molecule has 1 N–H and O–H groups in total. The van der Waals surface area contributed by atoms with Crippen molar-refractivity contribution < 1.29 is 17.6 Å². The molecule has 0 bridgehead atoms. The quantitative estimate of drug-likeness (QED) is 0.283. The molecule has 2 rings (SSSR count). The van der Waals surface area contributed by atoms with Gasteiger partial charge in [0.15, 0.2) is 8.32 Å². The monoisotopic (exact) mass is 508 g/mol. The number of hydrogen-bond acceptors (Lipinski definition) is 2. The first-order valence-corrected chi connectivity index (χ1v) is 13.0. The predicted molar refractivity (Wildman–Crippen MR) is 113 cm³/mol. The van der Waals surface area contributed by atoms with E-state index in [0.29, 0.717) is 15.3 Å². The second kappa shape index (κ2) is 7.08. The van der Waals surface area contributed by atoms with Crippen LogP contribution in [0.3, 0.4) is 0 Å². The maximum atomic E-state index is 13.2. The molecule has 1 aromatic heterocycles. The van der Waals surface area contributed by atoms with E-state index in [4.69, 9.17) is 9.69 Å². The van der Waals surface area contributed by atoms with Gasteiger partial charge in [0.2, 0.25) is 0 Å². The molecule has 8 heteroatoms. The first-order chi connectivity index (χ1) is 12.1. The van der Waals surface area contributed by atoms with Crippen molar-refractivity contribution in [1.29, 1.82) is 5.26 Å². The largest absolute Gasteiger partial charge is 0.417 e. The van der Waals surface area contributed by atoms with Gasteiger partial charge < -0.3 is 9.41 Å². The van der Waals surface area contributed by atoms with Crippen LogP contribution in [0.1, 0.15) is 44.5 Å². The highest BCUT2D eigenvalue weighted by Gasteiger charge is 2.44. The van der Waals surface area contributed by atoms with E-state index >= 15 is 0 Å². The second-order valence-electron chi connectivity index (χ2n) is 8.50. The van der Waals surface area contributed by atoms with Crippen molar-refractivity contribution in [3.8, 4) is 6.07 Å². The predicted octanol–water partition coefficient (Wildman–Crippen LogP) is 6.73. The molecule has 0 amide bonds. The van der Waals surface area contributed by atoms with Crippen LogP contribution >= 0.6 is 22.6 Å². The maximum Gasteiger partial charge on any atom is 0.417 e. The van der Waals surface area contributed by atoms with E-state index in [9.17, 15) is 13.2 Å². The number of alkyl halides is 4. The molecular formula is C19H24F3IN2OSi. The van der Waals surface area contributed by atoms with Gasteiger partial charge in [0.05, 0.1) is 17.2 Å². The molecule has 148 valence electrons. The van der Waals surface area contributed by atoms with E-state index in [-0.39, 0.29) is 10.6 Å². The minimum absolute atomic E-state index is 0.00349. The molecule has 0 aliphatic rings. The maximum absolute atomic E-state index is 13.2. The Morgan fingerprint density at radius 3 is 2.19 bits per heavy atom. The lowest BCUT2D eigenvalue weighted by Gasteiger charge is -2.43. The number of nitrogens with one attached hydrogen (secondary N) is 1. The minimum Gasteiger partial charge on any atom is -0.405 e. The lowest BCUT2D eigenvalue weighted by atomic mass is 10.0. The standard InChI is InChI=1S/C19H24F3IN2OSi/c1-17(2,3)27(5,6)26-18(4,11-23)16-8-12-7-13(10-24)14(19(20,21)22)9-15(12)25-16/h7-9,25H,11H2,1-6H3. The van der Waals surface area contributed by atoms with Gasteiger partial charge in [-0.1, -0.05) is 43.4 Å². The number of H-pyrrole nitrogens is 1. The van der Waals surface area contributed by atoms with Gasteiger partial charge in [-0.05, 0) is 43.3 Å². The van der Waals surface area contributed by atoms with Gasteiger partial charge >= 0.3 is 6.18 Å². The highest BCUT2D eigenvalue weighted by molar-refractivity contribution is 14.1. The Labute approximate surface area is 172 Å². The zero-order valence-electron chi connectivity index (χ0n) is 16.3. The molecule has 2 aromatic rings. The molecule has 27 heavy (non-hydrogen) atoms. The van der Waals surface area contributed by atoms with Crippen LogP contribution in [0.15, 0.2) is 18.2 Å². The molecule has 3 nitrogen and oxygen atoms in total. The highest BCUT2D eigenvalue weighted by atomic mass is 127. The van der Waals surface area contributed by atoms with E-state index in [1.54, 1.807) is 12.1 Å². The number of aromatic nitrogens is 1. The number of fused-ring (bicyclic) bond motifs is 1. The number of benzene rings is 1. The molecule has 0 saturated carbocycles. The molecule has 0 aliphatic carbocycles. The summed E-state index contributed by atoms with van der Waals surface area (Å²) in [7, 11) is -2.11. The van der Waals surface area contributed by atoms with Gasteiger partial charge in [0.1, 0.15) is 5.60 Å². The number of hydrogen-bond donors (Lipinski definition) is 1. The molecule has 1 unspecified atom stereocenters. The molecule has 0 saturated heterocycles. The smallest absolute Gasteiger partial charge is 0.405 e. The van der Waals surface area contributed by atoms with Crippen LogP contribution in [0.25, 0.3) is 10.9 Å². The van der Waals surface area contributed by atoms with Gasteiger partial charge in [-0.25, -0.2) is 0 Å². The Bertz CT molecular complexity index is 893. The number of halogens is 4. The summed E-state index contributed by atoms with van der Waals surface area (Å²) in [6.07, 6.45) is -4.57. The van der Waals surface area contributed by atoms with Crippen molar-refractivity contribution in [3.63, 3.8) is 0 Å². The lowest BCUT2D eigenvalue weighted by molar-refractivity contribution is -0.137. The summed E-state index contributed by atoms with van der Waals surface area (Å²) >= 11 is 2.24. The third-order valence-electron chi connectivity index (χ3n) is 5.30. The summed E-state index contributed by atoms with van der Waals surface area (Å²) in [5.74, 6) is 0. The fourth-order valence-corrected chi connectivity index (χ4v) is 5.14. The molecule has 1 atom stereocenters. The Kier molecular flexibility index (Phi) is 5.83. The normalized spacial score (nSPS) is 15.6. The summed E-state index contributed by atoms with van der Waals surface area (Å²) in [5.41, 5.74) is -0.881. The summed E-state index contributed by atoms with van der Waals surface area (Å²) < 4.78 is 47.0. The third kappa shape index (κ3) is 4.35. The van der Waals surface area contributed by atoms with Crippen LogP contribution < -0.4 is 0 Å². The van der Waals surface area contributed by atoms with Crippen molar-refractivity contribution in [2.75, 3.05) is 4.43 Å². The number of nitrogens with zero attached hydrogens (tertiary/aromatic N) is 1. The Hall–Kier alpha value is -1.05. The van der Waals surface area contributed by atoms with E-state index in [1.165, 1.54) is 6.07 Å². The number of rotatable bonds is 4.